The van der Waals surface area contributed by atoms with E-state index in [4.69, 9.17) is 21.3 Å². The summed E-state index contributed by atoms with van der Waals surface area (Å²) in [6, 6.07) is 11.8. The van der Waals surface area contributed by atoms with Crippen LogP contribution in [0.25, 0.3) is 0 Å². The zero-order valence-electron chi connectivity index (χ0n) is 17.2. The predicted octanol–water partition coefficient (Wildman–Crippen LogP) is 3.92. The van der Waals surface area contributed by atoms with Crippen molar-refractivity contribution >= 4 is 52.9 Å². The largest absolute Gasteiger partial charge is 0.497 e. The van der Waals surface area contributed by atoms with Crippen LogP contribution in [0.2, 0.25) is 4.34 Å². The Labute approximate surface area is 199 Å². The molecule has 3 N–H and O–H groups in total. The van der Waals surface area contributed by atoms with Gasteiger partial charge in [-0.1, -0.05) is 23.7 Å². The number of benzene rings is 1. The van der Waals surface area contributed by atoms with Crippen LogP contribution in [0, 0.1) is 0 Å². The van der Waals surface area contributed by atoms with E-state index in [-0.39, 0.29) is 30.0 Å². The first kappa shape index (κ1) is 26.0. The van der Waals surface area contributed by atoms with Crippen LogP contribution in [0.5, 0.6) is 5.75 Å². The average molecular weight is 553 g/mol. The lowest BCUT2D eigenvalue weighted by Crippen LogP contribution is -2.40. The summed E-state index contributed by atoms with van der Waals surface area (Å²) in [6.07, 6.45) is -0.632. The molecule has 0 aliphatic rings. The van der Waals surface area contributed by atoms with Gasteiger partial charge in [0.2, 0.25) is 0 Å². The molecule has 0 saturated carbocycles. The Morgan fingerprint density at radius 2 is 1.90 bits per heavy atom. The molecule has 1 heterocycles. The minimum Gasteiger partial charge on any atom is -0.497 e. The van der Waals surface area contributed by atoms with Gasteiger partial charge in [0.05, 0.1) is 24.0 Å². The maximum Gasteiger partial charge on any atom is 0.191 e. The van der Waals surface area contributed by atoms with E-state index in [0.717, 1.165) is 17.2 Å². The summed E-state index contributed by atoms with van der Waals surface area (Å²) in [5.74, 6) is 1.51. The van der Waals surface area contributed by atoms with Crippen molar-refractivity contribution in [2.24, 2.45) is 4.99 Å². The molecule has 2 atom stereocenters. The summed E-state index contributed by atoms with van der Waals surface area (Å²) in [5.41, 5.74) is 1.17. The van der Waals surface area contributed by atoms with Crippen molar-refractivity contribution in [1.29, 1.82) is 0 Å². The third-order valence-electron chi connectivity index (χ3n) is 4.28. The zero-order chi connectivity index (χ0) is 20.5. The van der Waals surface area contributed by atoms with Crippen LogP contribution in [-0.2, 0) is 0 Å². The van der Waals surface area contributed by atoms with Gasteiger partial charge in [-0.15, -0.1) is 35.3 Å². The van der Waals surface area contributed by atoms with Crippen molar-refractivity contribution in [3.63, 3.8) is 0 Å². The topological polar surface area (TPSA) is 69.1 Å². The Morgan fingerprint density at radius 3 is 2.41 bits per heavy atom. The van der Waals surface area contributed by atoms with Gasteiger partial charge in [-0.2, -0.15) is 0 Å². The first-order chi connectivity index (χ1) is 13.4. The van der Waals surface area contributed by atoms with Gasteiger partial charge in [0.25, 0.3) is 0 Å². The highest BCUT2D eigenvalue weighted by atomic mass is 127. The lowest BCUT2D eigenvalue weighted by molar-refractivity contribution is 0.184. The molecule has 29 heavy (non-hydrogen) atoms. The molecule has 0 radical (unpaired) electrons. The molecule has 0 saturated heterocycles. The van der Waals surface area contributed by atoms with Crippen LogP contribution >= 0.6 is 46.9 Å². The predicted molar refractivity (Wildman–Crippen MR) is 133 cm³/mol. The van der Waals surface area contributed by atoms with Crippen LogP contribution in [0.3, 0.4) is 0 Å². The lowest BCUT2D eigenvalue weighted by atomic mass is 10.1. The zero-order valence-corrected chi connectivity index (χ0v) is 21.1. The van der Waals surface area contributed by atoms with E-state index in [9.17, 15) is 5.11 Å². The van der Waals surface area contributed by atoms with Crippen LogP contribution in [0.4, 0.5) is 0 Å². The second-order valence-corrected chi connectivity index (χ2v) is 8.26. The number of methoxy groups -OCH3 is 1. The van der Waals surface area contributed by atoms with Crippen LogP contribution < -0.4 is 15.4 Å². The number of rotatable bonds is 9. The van der Waals surface area contributed by atoms with Crippen molar-refractivity contribution in [2.75, 3.05) is 40.8 Å². The van der Waals surface area contributed by atoms with E-state index in [2.05, 4.69) is 27.7 Å². The summed E-state index contributed by atoms with van der Waals surface area (Å²) in [6.45, 7) is 3.69. The minimum atomic E-state index is -0.632. The first-order valence-corrected chi connectivity index (χ1v) is 10.4. The summed E-state index contributed by atoms with van der Waals surface area (Å²) >= 11 is 7.33. The molecule has 2 aromatic rings. The highest BCUT2D eigenvalue weighted by Crippen LogP contribution is 2.26. The molecule has 0 spiro atoms. The number of hydrogen-bond acceptors (Lipinski definition) is 5. The third-order valence-corrected chi connectivity index (χ3v) is 5.61. The second kappa shape index (κ2) is 13.3. The molecule has 2 rings (SSSR count). The van der Waals surface area contributed by atoms with Gasteiger partial charge >= 0.3 is 0 Å². The molecule has 0 fully saturated rings. The van der Waals surface area contributed by atoms with Gasteiger partial charge in [-0.05, 0) is 50.8 Å². The van der Waals surface area contributed by atoms with Gasteiger partial charge in [0, 0.05) is 18.0 Å². The summed E-state index contributed by atoms with van der Waals surface area (Å²) < 4.78 is 5.91. The van der Waals surface area contributed by atoms with Gasteiger partial charge in [-0.25, -0.2) is 0 Å². The average Bonchev–Trinajstić information content (AvgIpc) is 3.12. The number of thiophene rings is 1. The van der Waals surface area contributed by atoms with Crippen molar-refractivity contribution in [3.05, 3.63) is 51.2 Å². The molecule has 1 aromatic carbocycles. The SMILES string of the molecule is CCNC(=NCC(c1ccc(OC)cc1)N(C)C)NCC(O)c1ccc(Cl)s1.I. The standard InChI is InChI=1S/C20H29ClN4O2S.HI/c1-5-22-20(24-13-17(26)18-10-11-19(21)28-18)23-12-16(25(2)3)14-6-8-15(27-4)9-7-14;/h6-11,16-17,26H,5,12-13H2,1-4H3,(H2,22,23,24);1H. The quantitative estimate of drug-likeness (QED) is 0.250. The molecule has 6 nitrogen and oxygen atoms in total. The van der Waals surface area contributed by atoms with Crippen molar-refractivity contribution < 1.29 is 9.84 Å². The highest BCUT2D eigenvalue weighted by Gasteiger charge is 2.15. The molecule has 0 bridgehead atoms. The maximum absolute atomic E-state index is 10.3. The molecule has 0 amide bonds. The molecular weight excluding hydrogens is 523 g/mol. The second-order valence-electron chi connectivity index (χ2n) is 6.51. The molecular formula is C20H30ClIN4O2S. The van der Waals surface area contributed by atoms with Crippen molar-refractivity contribution in [3.8, 4) is 5.75 Å². The monoisotopic (exact) mass is 552 g/mol. The van der Waals surface area contributed by atoms with Gasteiger partial charge in [-0.3, -0.25) is 4.99 Å². The number of aliphatic imine (C=N–C) groups is 1. The fraction of sp³-hybridized carbons (Fsp3) is 0.450. The number of ether oxygens (including phenoxy) is 1. The van der Waals surface area contributed by atoms with Crippen LogP contribution in [0.15, 0.2) is 41.4 Å². The Balaban J connectivity index is 0.00000420. The summed E-state index contributed by atoms with van der Waals surface area (Å²) in [4.78, 5) is 7.68. The highest BCUT2D eigenvalue weighted by molar-refractivity contribution is 14.0. The minimum absolute atomic E-state index is 0. The number of likely N-dealkylation sites (N-methyl/N-ethyl adjacent to an activating group) is 1. The molecule has 1 aromatic heterocycles. The molecule has 0 aliphatic carbocycles. The number of nitrogens with zero attached hydrogens (tertiary/aromatic N) is 2. The number of guanidine groups is 1. The number of aliphatic hydroxyl groups is 1. The molecule has 162 valence electrons. The van der Waals surface area contributed by atoms with Crippen molar-refractivity contribution in [1.82, 2.24) is 15.5 Å². The summed E-state index contributed by atoms with van der Waals surface area (Å²) in [7, 11) is 5.74. The normalized spacial score (nSPS) is 13.6. The number of hydrogen-bond donors (Lipinski definition) is 3. The fourth-order valence-electron chi connectivity index (χ4n) is 2.71. The number of halogens is 2. The first-order valence-electron chi connectivity index (χ1n) is 9.20. The lowest BCUT2D eigenvalue weighted by Gasteiger charge is -2.24. The fourth-order valence-corrected chi connectivity index (χ4v) is 3.76. The Morgan fingerprint density at radius 1 is 1.21 bits per heavy atom. The van der Waals surface area contributed by atoms with E-state index < -0.39 is 6.10 Å². The third kappa shape index (κ3) is 8.29. The van der Waals surface area contributed by atoms with Gasteiger partial charge < -0.3 is 25.4 Å². The van der Waals surface area contributed by atoms with E-state index in [1.165, 1.54) is 16.9 Å². The number of aliphatic hydroxyl groups excluding tert-OH is 1. The Kier molecular flexibility index (Phi) is 11.9. The van der Waals surface area contributed by atoms with Crippen molar-refractivity contribution in [2.45, 2.75) is 19.1 Å². The molecule has 0 aliphatic heterocycles. The van der Waals surface area contributed by atoms with Crippen LogP contribution in [0.1, 0.15) is 29.5 Å². The number of nitrogens with one attached hydrogen (secondary N) is 2. The van der Waals surface area contributed by atoms with Crippen LogP contribution in [-0.4, -0.2) is 56.8 Å². The smallest absolute Gasteiger partial charge is 0.191 e. The van der Waals surface area contributed by atoms with Gasteiger partial charge in [0.1, 0.15) is 11.9 Å². The van der Waals surface area contributed by atoms with E-state index in [1.807, 2.05) is 39.2 Å². The van der Waals surface area contributed by atoms with E-state index in [0.29, 0.717) is 23.4 Å². The van der Waals surface area contributed by atoms with Gasteiger partial charge in [0.15, 0.2) is 5.96 Å². The molecule has 9 heteroatoms. The van der Waals surface area contributed by atoms with E-state index >= 15 is 0 Å². The molecule has 2 unspecified atom stereocenters. The Hall–Kier alpha value is -1.07. The Bertz CT molecular complexity index is 755. The summed E-state index contributed by atoms with van der Waals surface area (Å²) in [5, 5.41) is 16.8. The maximum atomic E-state index is 10.3. The van der Waals surface area contributed by atoms with E-state index in [1.54, 1.807) is 13.2 Å².